The molecule has 0 aromatic carbocycles. The SMILES string of the molecule is CCC(C)(C)C(=O)OC(C)(C)C.CCC(C)(C)C(=O)OC(C)(C)C.CCC(C)(C)C(=O)OC(C)(C)C(C)C.CCC(C)(C)C(=O)OC12CC3CC(C1)CC(OS(N)(=O)=O)(C3)C2.CCC(C)(C)C(=O)OC12CC3CC(CC(OC(N)=O)(C3)C1)C2.CCC(C)(C)C(=O)OC1C2CC3C(=O)OC1C3C2. The Bertz CT molecular complexity index is 2970. The average Bonchev–Trinajstić information content (AvgIpc) is 1.26. The second kappa shape index (κ2) is 32.3. The van der Waals surface area contributed by atoms with E-state index in [-0.39, 0.29) is 93.0 Å². The third-order valence-electron chi connectivity index (χ3n) is 24.0. The number of amides is 1. The van der Waals surface area contributed by atoms with Crippen LogP contribution in [0.5, 0.6) is 0 Å². The van der Waals surface area contributed by atoms with E-state index in [1.165, 1.54) is 0 Å². The molecule has 1 heterocycles. The van der Waals surface area contributed by atoms with Crippen molar-refractivity contribution in [3.8, 4) is 0 Å². The first kappa shape index (κ1) is 88.8. The first-order valence-electron chi connectivity index (χ1n) is 37.9. The zero-order valence-electron chi connectivity index (χ0n) is 67.7. The summed E-state index contributed by atoms with van der Waals surface area (Å²) in [4.78, 5) is 94.9. The topological polar surface area (TPSA) is 306 Å². The van der Waals surface area contributed by atoms with Crippen molar-refractivity contribution in [1.29, 1.82) is 0 Å². The van der Waals surface area contributed by atoms with Gasteiger partial charge in [-0.05, 0) is 284 Å². The lowest BCUT2D eigenvalue weighted by Gasteiger charge is -2.60. The second-order valence-electron chi connectivity index (χ2n) is 38.3. The fourth-order valence-electron chi connectivity index (χ4n) is 15.3. The Kier molecular flexibility index (Phi) is 28.4. The largest absolute Gasteiger partial charge is 0.460 e. The lowest BCUT2D eigenvalue weighted by atomic mass is 9.52. The minimum atomic E-state index is -4.02. The average molecular weight is 1450 g/mol. The Morgan fingerprint density at radius 3 is 1.08 bits per heavy atom. The summed E-state index contributed by atoms with van der Waals surface area (Å²) in [6.45, 7) is 54.1. The molecule has 9 atom stereocenters. The van der Waals surface area contributed by atoms with Gasteiger partial charge in [0.05, 0.1) is 44.0 Å². The lowest BCUT2D eigenvalue weighted by molar-refractivity contribution is -0.224. The summed E-state index contributed by atoms with van der Waals surface area (Å²) in [5.41, 5.74) is -0.698. The van der Waals surface area contributed by atoms with Crippen molar-refractivity contribution in [3.05, 3.63) is 0 Å². The molecule has 1 amide bonds. The molecule has 584 valence electrons. The van der Waals surface area contributed by atoms with Crippen LogP contribution in [0.3, 0.4) is 0 Å². The van der Waals surface area contributed by atoms with Crippen LogP contribution in [-0.4, -0.2) is 108 Å². The van der Waals surface area contributed by atoms with Crippen molar-refractivity contribution in [3.63, 3.8) is 0 Å². The van der Waals surface area contributed by atoms with Crippen LogP contribution in [0.4, 0.5) is 4.79 Å². The summed E-state index contributed by atoms with van der Waals surface area (Å²) in [5, 5.41) is 5.13. The Morgan fingerprint density at radius 2 is 0.762 bits per heavy atom. The third kappa shape index (κ3) is 23.7. The summed E-state index contributed by atoms with van der Waals surface area (Å²) in [7, 11) is -4.02. The molecule has 11 fully saturated rings. The molecule has 0 aromatic heterocycles. The van der Waals surface area contributed by atoms with E-state index < -0.39 is 55.0 Å². The van der Waals surface area contributed by atoms with Gasteiger partial charge in [0.15, 0.2) is 0 Å². The first-order valence-corrected chi connectivity index (χ1v) is 39.4. The van der Waals surface area contributed by atoms with E-state index in [2.05, 4.69) is 13.8 Å². The van der Waals surface area contributed by atoms with Crippen LogP contribution in [0.25, 0.3) is 0 Å². The molecule has 0 spiro atoms. The van der Waals surface area contributed by atoms with Gasteiger partial charge in [-0.2, -0.15) is 8.42 Å². The Hall–Kier alpha value is -4.57. The molecule has 101 heavy (non-hydrogen) atoms. The molecule has 0 radical (unpaired) electrons. The van der Waals surface area contributed by atoms with Gasteiger partial charge in [0, 0.05) is 24.7 Å². The molecule has 10 aliphatic carbocycles. The molecule has 10 bridgehead atoms. The van der Waals surface area contributed by atoms with Crippen LogP contribution >= 0.6 is 0 Å². The van der Waals surface area contributed by atoms with Gasteiger partial charge in [-0.25, -0.2) is 9.93 Å². The van der Waals surface area contributed by atoms with Gasteiger partial charge in [0.2, 0.25) is 0 Å². The van der Waals surface area contributed by atoms with Gasteiger partial charge in [0.25, 0.3) is 0 Å². The molecule has 10 saturated carbocycles. The minimum absolute atomic E-state index is 0.0779. The van der Waals surface area contributed by atoms with Crippen LogP contribution in [-0.2, 0) is 85.9 Å². The standard InChI is InChI=1S/C17H27NO4.C16H27NO5S.C14H20O4.C12H24O2.2C10H20O2/c1-4-15(2,3)13(19)21-16-6-11-5-12(7-16)9-17(8-11,10-16)22-14(18)20;1-4-14(2,3)13(18)21-15-6-11-5-12(7-15)9-16(8-11,10-15)22-23(17,19)20;1-4-14(2,3)13(16)18-10-7-5-8-9(6-7)12(15)17-11(8)10;1-8-11(4,5)10(13)14-12(6,7)9(2)3;2*1-7-10(5,6)8(11)12-9(2,3)4/h11-12H,4-10H2,1-3H3,(H2,18,20);11-12H,4-10H2,1-3H3,(H2,17,19,20);7-11H,4-6H2,1-3H3;9H,8H2,1-7H3;2*7H2,1-6H3. The highest BCUT2D eigenvalue weighted by Gasteiger charge is 2.65. The van der Waals surface area contributed by atoms with Gasteiger partial charge in [-0.1, -0.05) is 55.4 Å². The van der Waals surface area contributed by atoms with Crippen LogP contribution < -0.4 is 10.9 Å². The molecular weight excluding hydrogens is 1310 g/mol. The molecular formula is C79H138N2O19S. The first-order chi connectivity index (χ1) is 45.6. The van der Waals surface area contributed by atoms with Crippen molar-refractivity contribution in [2.75, 3.05) is 0 Å². The number of rotatable bonds is 20. The highest BCUT2D eigenvalue weighted by Crippen LogP contribution is 2.63. The monoisotopic (exact) mass is 1450 g/mol. The summed E-state index contributed by atoms with van der Waals surface area (Å²) in [6, 6.07) is 0. The molecule has 0 aromatic rings. The molecule has 11 aliphatic rings. The molecule has 21 nitrogen and oxygen atoms in total. The molecule has 22 heteroatoms. The van der Waals surface area contributed by atoms with Crippen LogP contribution in [0, 0.1) is 79.8 Å². The summed E-state index contributed by atoms with van der Waals surface area (Å²) < 4.78 is 72.9. The fraction of sp³-hybridized carbons (Fsp3) is 0.899. The van der Waals surface area contributed by atoms with Gasteiger partial charge < -0.3 is 43.6 Å². The van der Waals surface area contributed by atoms with Gasteiger partial charge in [-0.3, -0.25) is 37.7 Å². The number of carbonyl (C=O) groups is 8. The Labute approximate surface area is 608 Å². The molecule has 1 saturated heterocycles. The molecule has 11 rings (SSSR count). The van der Waals surface area contributed by atoms with E-state index in [0.717, 1.165) is 96.3 Å². The van der Waals surface area contributed by atoms with E-state index in [9.17, 15) is 46.8 Å². The minimum Gasteiger partial charge on any atom is -0.460 e. The lowest BCUT2D eigenvalue weighted by Crippen LogP contribution is -2.62. The predicted molar refractivity (Wildman–Crippen MR) is 388 cm³/mol. The van der Waals surface area contributed by atoms with Gasteiger partial charge in [0.1, 0.15) is 45.8 Å². The number of nitrogens with two attached hydrogens (primary N) is 2. The number of ether oxygens (including phenoxy) is 8. The highest BCUT2D eigenvalue weighted by molar-refractivity contribution is 7.84. The van der Waals surface area contributed by atoms with E-state index in [0.29, 0.717) is 73.5 Å². The smallest absolute Gasteiger partial charge is 0.405 e. The van der Waals surface area contributed by atoms with Crippen molar-refractivity contribution in [2.24, 2.45) is 90.7 Å². The fourth-order valence-corrected chi connectivity index (χ4v) is 16.0. The summed E-state index contributed by atoms with van der Waals surface area (Å²) >= 11 is 0. The second-order valence-corrected chi connectivity index (χ2v) is 39.4. The maximum absolute atomic E-state index is 12.6. The maximum Gasteiger partial charge on any atom is 0.405 e. The zero-order valence-corrected chi connectivity index (χ0v) is 68.6. The summed E-state index contributed by atoms with van der Waals surface area (Å²) in [5.74, 6) is 1.75. The highest BCUT2D eigenvalue weighted by atomic mass is 32.2. The number of fused-ring (bicyclic) bond motifs is 1. The van der Waals surface area contributed by atoms with Gasteiger partial charge >= 0.3 is 58.2 Å². The van der Waals surface area contributed by atoms with Crippen LogP contribution in [0.1, 0.15) is 322 Å². The van der Waals surface area contributed by atoms with Crippen molar-refractivity contribution >= 4 is 58.2 Å². The van der Waals surface area contributed by atoms with Crippen molar-refractivity contribution in [1.82, 2.24) is 0 Å². The zero-order chi connectivity index (χ0) is 77.9. The maximum atomic E-state index is 12.6. The quantitative estimate of drug-likeness (QED) is 0.0845. The van der Waals surface area contributed by atoms with Crippen LogP contribution in [0.2, 0.25) is 0 Å². The summed E-state index contributed by atoms with van der Waals surface area (Å²) in [6.07, 6.45) is 15.2. The molecule has 4 N–H and O–H groups in total. The van der Waals surface area contributed by atoms with Gasteiger partial charge in [-0.15, -0.1) is 0 Å². The van der Waals surface area contributed by atoms with E-state index in [4.69, 9.17) is 53.0 Å². The number of hydrogen-bond donors (Lipinski definition) is 2. The number of carbonyl (C=O) groups excluding carboxylic acids is 8. The van der Waals surface area contributed by atoms with E-state index in [1.807, 2.05) is 180 Å². The number of esters is 7. The Balaban J connectivity index is 0.000000262. The normalized spacial score (nSPS) is 29.8. The third-order valence-corrected chi connectivity index (χ3v) is 24.5. The molecule has 1 aliphatic heterocycles. The van der Waals surface area contributed by atoms with Crippen LogP contribution in [0.15, 0.2) is 0 Å². The van der Waals surface area contributed by atoms with Crippen molar-refractivity contribution < 1.29 is 88.9 Å². The van der Waals surface area contributed by atoms with E-state index in [1.54, 1.807) is 0 Å². The molecule has 9 unspecified atom stereocenters. The number of primary amides is 1. The van der Waals surface area contributed by atoms with E-state index >= 15 is 0 Å². The van der Waals surface area contributed by atoms with Crippen molar-refractivity contribution in [2.45, 2.75) is 374 Å². The number of hydrogen-bond acceptors (Lipinski definition) is 19. The predicted octanol–water partition coefficient (Wildman–Crippen LogP) is 16.3. The Morgan fingerprint density at radius 1 is 0.455 bits per heavy atom.